The summed E-state index contributed by atoms with van der Waals surface area (Å²) < 4.78 is 38.2. The van der Waals surface area contributed by atoms with Crippen molar-refractivity contribution in [2.75, 3.05) is 28.6 Å². The third-order valence-corrected chi connectivity index (χ3v) is 4.91. The number of carbonyl (C=O) groups is 2. The van der Waals surface area contributed by atoms with Gasteiger partial charge in [-0.3, -0.25) is 14.8 Å². The van der Waals surface area contributed by atoms with E-state index in [1.807, 2.05) is 0 Å². The smallest absolute Gasteiger partial charge is 0.411 e. The van der Waals surface area contributed by atoms with Gasteiger partial charge in [0.15, 0.2) is 0 Å². The van der Waals surface area contributed by atoms with Gasteiger partial charge in [0, 0.05) is 18.3 Å². The van der Waals surface area contributed by atoms with Gasteiger partial charge in [-0.1, -0.05) is 0 Å². The van der Waals surface area contributed by atoms with Crippen molar-refractivity contribution in [3.63, 3.8) is 0 Å². The molecule has 0 aliphatic carbocycles. The monoisotopic (exact) mass is 421 g/mol. The van der Waals surface area contributed by atoms with Crippen molar-refractivity contribution < 1.29 is 27.5 Å². The molecule has 0 bridgehead atoms. The highest BCUT2D eigenvalue weighted by Crippen LogP contribution is 2.29. The van der Waals surface area contributed by atoms with Gasteiger partial charge in [0.25, 0.3) is 10.0 Å². The van der Waals surface area contributed by atoms with Crippen molar-refractivity contribution in [2.45, 2.75) is 25.7 Å². The number of anilines is 3. The lowest BCUT2D eigenvalue weighted by Crippen LogP contribution is -2.16. The molecule has 9 nitrogen and oxygen atoms in total. The predicted octanol–water partition coefficient (Wildman–Crippen LogP) is 3.41. The van der Waals surface area contributed by atoms with Gasteiger partial charge < -0.3 is 14.8 Å². The summed E-state index contributed by atoms with van der Waals surface area (Å²) >= 11 is 0. The zero-order valence-electron chi connectivity index (χ0n) is 16.3. The maximum atomic E-state index is 12.7. The summed E-state index contributed by atoms with van der Waals surface area (Å²) in [5.41, 5.74) is 1.03. The van der Waals surface area contributed by atoms with E-state index in [0.29, 0.717) is 23.7 Å². The van der Waals surface area contributed by atoms with Crippen LogP contribution < -0.4 is 20.1 Å². The van der Waals surface area contributed by atoms with E-state index in [4.69, 9.17) is 9.47 Å². The minimum Gasteiger partial charge on any atom is -0.492 e. The van der Waals surface area contributed by atoms with Gasteiger partial charge in [0.05, 0.1) is 23.8 Å². The molecule has 2 aromatic rings. The zero-order chi connectivity index (χ0) is 21.4. The van der Waals surface area contributed by atoms with E-state index in [1.165, 1.54) is 37.3 Å². The van der Waals surface area contributed by atoms with Crippen LogP contribution in [0.1, 0.15) is 20.8 Å². The molecule has 2 aromatic carbocycles. The van der Waals surface area contributed by atoms with E-state index >= 15 is 0 Å². The van der Waals surface area contributed by atoms with Crippen LogP contribution in [0, 0.1) is 0 Å². The van der Waals surface area contributed by atoms with Crippen molar-refractivity contribution in [1.29, 1.82) is 0 Å². The number of ether oxygens (including phenoxy) is 2. The molecule has 0 saturated heterocycles. The van der Waals surface area contributed by atoms with Crippen molar-refractivity contribution in [3.05, 3.63) is 42.5 Å². The van der Waals surface area contributed by atoms with Crippen LogP contribution in [0.4, 0.5) is 21.9 Å². The van der Waals surface area contributed by atoms with Crippen molar-refractivity contribution >= 4 is 39.1 Å². The summed E-state index contributed by atoms with van der Waals surface area (Å²) in [5.74, 6) is 0.0912. The van der Waals surface area contributed by atoms with Gasteiger partial charge >= 0.3 is 6.09 Å². The molecule has 2 amide bonds. The first-order valence-electron chi connectivity index (χ1n) is 8.86. The molecule has 0 fully saturated rings. The number of hydrogen-bond donors (Lipinski definition) is 3. The Morgan fingerprint density at radius 3 is 2.17 bits per heavy atom. The van der Waals surface area contributed by atoms with Crippen LogP contribution in [0.25, 0.3) is 0 Å². The SMILES string of the molecule is CCOC(=O)Nc1cc(S(=O)(=O)Nc2ccc(NC(C)=O)cc2)ccc1OCC. The largest absolute Gasteiger partial charge is 0.492 e. The first-order valence-corrected chi connectivity index (χ1v) is 10.3. The van der Waals surface area contributed by atoms with Crippen LogP contribution in [-0.4, -0.2) is 33.6 Å². The third kappa shape index (κ3) is 6.39. The molecular weight excluding hydrogens is 398 g/mol. The molecule has 0 aliphatic rings. The first-order chi connectivity index (χ1) is 13.7. The number of carbonyl (C=O) groups excluding carboxylic acids is 2. The summed E-state index contributed by atoms with van der Waals surface area (Å²) in [6.45, 7) is 5.31. The summed E-state index contributed by atoms with van der Waals surface area (Å²) in [6, 6.07) is 10.3. The van der Waals surface area contributed by atoms with Crippen LogP contribution >= 0.6 is 0 Å². The van der Waals surface area contributed by atoms with Crippen LogP contribution in [0.15, 0.2) is 47.4 Å². The Morgan fingerprint density at radius 2 is 1.59 bits per heavy atom. The quantitative estimate of drug-likeness (QED) is 0.600. The van der Waals surface area contributed by atoms with Gasteiger partial charge in [-0.15, -0.1) is 0 Å². The molecule has 0 aromatic heterocycles. The fraction of sp³-hybridized carbons (Fsp3) is 0.263. The van der Waals surface area contributed by atoms with E-state index in [-0.39, 0.29) is 23.1 Å². The highest BCUT2D eigenvalue weighted by Gasteiger charge is 2.18. The molecule has 10 heteroatoms. The predicted molar refractivity (Wildman–Crippen MR) is 110 cm³/mol. The first kappa shape index (κ1) is 22.0. The molecule has 0 unspecified atom stereocenters. The van der Waals surface area contributed by atoms with Gasteiger partial charge in [0.1, 0.15) is 5.75 Å². The van der Waals surface area contributed by atoms with Gasteiger partial charge in [-0.05, 0) is 56.3 Å². The minimum atomic E-state index is -3.94. The van der Waals surface area contributed by atoms with Gasteiger partial charge in [0.2, 0.25) is 5.91 Å². The van der Waals surface area contributed by atoms with E-state index < -0.39 is 16.1 Å². The average molecular weight is 421 g/mol. The second-order valence-electron chi connectivity index (χ2n) is 5.80. The molecule has 156 valence electrons. The van der Waals surface area contributed by atoms with E-state index in [1.54, 1.807) is 26.0 Å². The topological polar surface area (TPSA) is 123 Å². The number of nitrogens with one attached hydrogen (secondary N) is 3. The lowest BCUT2D eigenvalue weighted by Gasteiger charge is -2.14. The molecule has 3 N–H and O–H groups in total. The molecule has 0 aliphatic heterocycles. The van der Waals surface area contributed by atoms with Crippen molar-refractivity contribution in [3.8, 4) is 5.75 Å². The number of sulfonamides is 1. The molecular formula is C19H23N3O6S. The van der Waals surface area contributed by atoms with E-state index in [2.05, 4.69) is 15.4 Å². The molecule has 0 spiro atoms. The minimum absolute atomic E-state index is 0.0707. The van der Waals surface area contributed by atoms with Crippen LogP contribution in [0.3, 0.4) is 0 Å². The number of amides is 2. The summed E-state index contributed by atoms with van der Waals surface area (Å²) in [6.07, 6.45) is -0.718. The molecule has 0 heterocycles. The highest BCUT2D eigenvalue weighted by atomic mass is 32.2. The summed E-state index contributed by atoms with van der Waals surface area (Å²) in [5, 5.41) is 5.08. The number of hydrogen-bond acceptors (Lipinski definition) is 6. The lowest BCUT2D eigenvalue weighted by atomic mass is 10.3. The zero-order valence-corrected chi connectivity index (χ0v) is 17.1. The Balaban J connectivity index is 2.26. The Bertz CT molecular complexity index is 974. The number of rotatable bonds is 8. The second-order valence-corrected chi connectivity index (χ2v) is 7.48. The molecule has 0 radical (unpaired) electrons. The second kappa shape index (κ2) is 9.78. The molecule has 29 heavy (non-hydrogen) atoms. The Hall–Kier alpha value is -3.27. The Kier molecular flexibility index (Phi) is 7.43. The van der Waals surface area contributed by atoms with Crippen molar-refractivity contribution in [1.82, 2.24) is 0 Å². The van der Waals surface area contributed by atoms with Gasteiger partial charge in [-0.2, -0.15) is 0 Å². The third-order valence-electron chi connectivity index (χ3n) is 3.53. The standard InChI is InChI=1S/C19H23N3O6S/c1-4-27-18-11-10-16(12-17(18)21-19(24)28-5-2)29(25,26)22-15-8-6-14(7-9-15)20-13(3)23/h6-12,22H,4-5H2,1-3H3,(H,20,23)(H,21,24). The van der Waals surface area contributed by atoms with Crippen LogP contribution in [0.2, 0.25) is 0 Å². The highest BCUT2D eigenvalue weighted by molar-refractivity contribution is 7.92. The fourth-order valence-electron chi connectivity index (χ4n) is 2.37. The fourth-order valence-corrected chi connectivity index (χ4v) is 3.46. The van der Waals surface area contributed by atoms with E-state index in [0.717, 1.165) is 0 Å². The number of benzene rings is 2. The van der Waals surface area contributed by atoms with Crippen LogP contribution in [0.5, 0.6) is 5.75 Å². The lowest BCUT2D eigenvalue weighted by molar-refractivity contribution is -0.114. The van der Waals surface area contributed by atoms with Crippen LogP contribution in [-0.2, 0) is 19.6 Å². The average Bonchev–Trinajstić information content (AvgIpc) is 2.64. The van der Waals surface area contributed by atoms with Gasteiger partial charge in [-0.25, -0.2) is 13.2 Å². The summed E-state index contributed by atoms with van der Waals surface area (Å²) in [4.78, 5) is 22.7. The summed E-state index contributed by atoms with van der Waals surface area (Å²) in [7, 11) is -3.94. The molecule has 0 atom stereocenters. The normalized spacial score (nSPS) is 10.7. The Labute approximate surface area is 169 Å². The Morgan fingerprint density at radius 1 is 0.931 bits per heavy atom. The maximum Gasteiger partial charge on any atom is 0.411 e. The van der Waals surface area contributed by atoms with E-state index in [9.17, 15) is 18.0 Å². The maximum absolute atomic E-state index is 12.7. The molecule has 0 saturated carbocycles. The molecule has 2 rings (SSSR count). The van der Waals surface area contributed by atoms with Crippen molar-refractivity contribution in [2.24, 2.45) is 0 Å².